The Morgan fingerprint density at radius 3 is 2.88 bits per heavy atom. The van der Waals surface area contributed by atoms with Gasteiger partial charge in [-0.2, -0.15) is 5.10 Å². The number of nitrogens with zero attached hydrogens (tertiary/aromatic N) is 4. The van der Waals surface area contributed by atoms with Crippen LogP contribution in [0.5, 0.6) is 0 Å². The molecule has 0 aliphatic heterocycles. The van der Waals surface area contributed by atoms with Crippen molar-refractivity contribution in [3.05, 3.63) is 47.1 Å². The summed E-state index contributed by atoms with van der Waals surface area (Å²) in [5, 5.41) is 4.87. The van der Waals surface area contributed by atoms with Crippen LogP contribution in [0.15, 0.2) is 24.4 Å². The molecule has 2 aromatic heterocycles. The molecule has 2 aliphatic rings. The van der Waals surface area contributed by atoms with Gasteiger partial charge in [0, 0.05) is 36.6 Å². The predicted molar refractivity (Wildman–Crippen MR) is 94.8 cm³/mol. The quantitative estimate of drug-likeness (QED) is 0.753. The number of aromatic nitrogens is 3. The lowest BCUT2D eigenvalue weighted by molar-refractivity contribution is -0.129. The number of aryl methyl sites for hydroxylation is 1. The first kappa shape index (κ1) is 16.0. The van der Waals surface area contributed by atoms with E-state index in [1.54, 1.807) is 6.20 Å². The first-order valence-electron chi connectivity index (χ1n) is 8.85. The van der Waals surface area contributed by atoms with Crippen molar-refractivity contribution in [1.82, 2.24) is 14.8 Å². The molecule has 0 spiro atoms. The number of carbonyl (C=O) groups excluding carboxylic acids is 1. The normalized spacial score (nSPS) is 31.1. The number of fused-ring (bicyclic) bond motifs is 3. The lowest BCUT2D eigenvalue weighted by atomic mass is 9.55. The monoisotopic (exact) mass is 334 g/mol. The summed E-state index contributed by atoms with van der Waals surface area (Å²) in [5.74, 6) is 0.296. The summed E-state index contributed by atoms with van der Waals surface area (Å²) in [6.45, 7) is 11.6. The number of hydrogen-bond acceptors (Lipinski definition) is 3. The van der Waals surface area contributed by atoms with Gasteiger partial charge < -0.3 is 4.85 Å². The Hall–Kier alpha value is -2.48. The second-order valence-electron chi connectivity index (χ2n) is 7.62. The molecule has 0 N–H and O–H groups in total. The molecule has 2 aromatic rings. The van der Waals surface area contributed by atoms with Crippen LogP contribution in [0.1, 0.15) is 37.9 Å². The van der Waals surface area contributed by atoms with E-state index in [4.69, 9.17) is 11.7 Å². The first-order valence-corrected chi connectivity index (χ1v) is 8.85. The number of hydrogen-bond donors (Lipinski definition) is 0. The summed E-state index contributed by atoms with van der Waals surface area (Å²) in [7, 11) is 1.96. The van der Waals surface area contributed by atoms with Gasteiger partial charge in [0.15, 0.2) is 0 Å². The van der Waals surface area contributed by atoms with Crippen LogP contribution in [0, 0.1) is 18.4 Å². The van der Waals surface area contributed by atoms with E-state index in [1.165, 1.54) is 5.56 Å². The highest BCUT2D eigenvalue weighted by Crippen LogP contribution is 2.52. The Balaban J connectivity index is 1.87. The van der Waals surface area contributed by atoms with Gasteiger partial charge in [0.25, 0.3) is 6.04 Å². The zero-order valence-corrected chi connectivity index (χ0v) is 14.9. The first-order chi connectivity index (χ1) is 12.0. The van der Waals surface area contributed by atoms with Gasteiger partial charge >= 0.3 is 0 Å². The maximum atomic E-state index is 12.5. The largest absolute Gasteiger partial charge is 0.305 e. The van der Waals surface area contributed by atoms with Crippen LogP contribution in [0.4, 0.5) is 0 Å². The molecule has 5 nitrogen and oxygen atoms in total. The summed E-state index contributed by atoms with van der Waals surface area (Å²) >= 11 is 0. The maximum absolute atomic E-state index is 12.5. The average molecular weight is 334 g/mol. The fourth-order valence-electron chi connectivity index (χ4n) is 5.04. The van der Waals surface area contributed by atoms with Gasteiger partial charge in [-0.05, 0) is 30.9 Å². The third-order valence-corrected chi connectivity index (χ3v) is 6.27. The van der Waals surface area contributed by atoms with E-state index in [2.05, 4.69) is 16.8 Å². The zero-order valence-electron chi connectivity index (χ0n) is 14.9. The lowest BCUT2D eigenvalue weighted by Crippen LogP contribution is -2.51. The second-order valence-corrected chi connectivity index (χ2v) is 7.62. The van der Waals surface area contributed by atoms with Crippen LogP contribution >= 0.6 is 0 Å². The van der Waals surface area contributed by atoms with Crippen LogP contribution in [-0.2, 0) is 23.7 Å². The van der Waals surface area contributed by atoms with Crippen LogP contribution in [-0.4, -0.2) is 26.6 Å². The van der Waals surface area contributed by atoms with Gasteiger partial charge in [0.05, 0.1) is 17.1 Å². The molecule has 1 saturated carbocycles. The second kappa shape index (κ2) is 5.52. The van der Waals surface area contributed by atoms with E-state index in [1.807, 2.05) is 36.9 Å². The van der Waals surface area contributed by atoms with Crippen LogP contribution < -0.4 is 0 Å². The molecule has 4 atom stereocenters. The third kappa shape index (κ3) is 2.17. The molecule has 128 valence electrons. The highest BCUT2D eigenvalue weighted by molar-refractivity contribution is 5.89. The van der Waals surface area contributed by atoms with Crippen LogP contribution in [0.25, 0.3) is 16.2 Å². The van der Waals surface area contributed by atoms with Gasteiger partial charge in [-0.25, -0.2) is 6.57 Å². The molecular weight excluding hydrogens is 312 g/mol. The van der Waals surface area contributed by atoms with Crippen molar-refractivity contribution in [2.24, 2.45) is 18.9 Å². The predicted octanol–water partition coefficient (Wildman–Crippen LogP) is 3.20. The third-order valence-electron chi connectivity index (χ3n) is 6.27. The average Bonchev–Trinajstić information content (AvgIpc) is 2.96. The Labute approximate surface area is 147 Å². The van der Waals surface area contributed by atoms with Gasteiger partial charge in [0.2, 0.25) is 5.78 Å². The van der Waals surface area contributed by atoms with Gasteiger partial charge in [-0.1, -0.05) is 19.9 Å². The van der Waals surface area contributed by atoms with Crippen molar-refractivity contribution in [1.29, 1.82) is 0 Å². The molecule has 0 amide bonds. The number of Topliss-reactive ketones (excluding diaryl/α,β-unsaturated/α-hetero) is 1. The van der Waals surface area contributed by atoms with E-state index >= 15 is 0 Å². The van der Waals surface area contributed by atoms with E-state index < -0.39 is 6.04 Å². The van der Waals surface area contributed by atoms with Crippen LogP contribution in [0.3, 0.4) is 0 Å². The van der Waals surface area contributed by atoms with Crippen molar-refractivity contribution in [3.63, 3.8) is 0 Å². The van der Waals surface area contributed by atoms with Gasteiger partial charge in [-0.15, -0.1) is 0 Å². The molecule has 25 heavy (non-hydrogen) atoms. The summed E-state index contributed by atoms with van der Waals surface area (Å²) in [5.41, 5.74) is 4.09. The highest BCUT2D eigenvalue weighted by Gasteiger charge is 2.56. The SMILES string of the molecule is [C-]#[N+]C1C[C@]2(C)c3nn(C)c(-c4ccccn4)c3CC[C@H]2[C@H](C)C1=O. The van der Waals surface area contributed by atoms with E-state index in [9.17, 15) is 4.79 Å². The molecule has 1 fully saturated rings. The van der Waals surface area contributed by atoms with Crippen molar-refractivity contribution in [2.75, 3.05) is 0 Å². The molecule has 2 heterocycles. The topological polar surface area (TPSA) is 52.1 Å². The molecular formula is C20H22N4O. The summed E-state index contributed by atoms with van der Waals surface area (Å²) in [6, 6.07) is 5.38. The Morgan fingerprint density at radius 2 is 2.20 bits per heavy atom. The molecule has 0 aromatic carbocycles. The number of pyridine rings is 1. The number of ketones is 1. The maximum Gasteiger partial charge on any atom is 0.282 e. The lowest BCUT2D eigenvalue weighted by Gasteiger charge is -2.46. The fourth-order valence-corrected chi connectivity index (χ4v) is 5.04. The van der Waals surface area contributed by atoms with Gasteiger partial charge in [-0.3, -0.25) is 14.5 Å². The molecule has 0 radical (unpaired) electrons. The minimum Gasteiger partial charge on any atom is -0.305 e. The standard InChI is InChI=1S/C20H22N4O/c1-12-14-9-8-13-17(15-7-5-6-10-22-15)24(4)23-19(13)20(14,2)11-16(21-3)18(12)25/h5-7,10,12,14,16H,8-9,11H2,1-2,4H3/t12-,14-,16?,20-/m0/s1. The fraction of sp³-hybridized carbons (Fsp3) is 0.500. The van der Waals surface area contributed by atoms with Crippen molar-refractivity contribution >= 4 is 5.78 Å². The Bertz CT molecular complexity index is 879. The van der Waals surface area contributed by atoms with Gasteiger partial charge in [0.1, 0.15) is 0 Å². The van der Waals surface area contributed by atoms with Crippen molar-refractivity contribution < 1.29 is 4.79 Å². The molecule has 5 heteroatoms. The molecule has 2 aliphatic carbocycles. The van der Waals surface area contributed by atoms with E-state index in [0.717, 1.165) is 29.9 Å². The molecule has 1 unspecified atom stereocenters. The minimum atomic E-state index is -0.539. The van der Waals surface area contributed by atoms with Crippen LogP contribution in [0.2, 0.25) is 0 Å². The summed E-state index contributed by atoms with van der Waals surface area (Å²) < 4.78 is 1.93. The zero-order chi connectivity index (χ0) is 17.8. The number of carbonyl (C=O) groups is 1. The molecule has 4 rings (SSSR count). The van der Waals surface area contributed by atoms with Crippen molar-refractivity contribution in [3.8, 4) is 11.4 Å². The highest BCUT2D eigenvalue weighted by atomic mass is 16.1. The smallest absolute Gasteiger partial charge is 0.282 e. The molecule has 0 saturated heterocycles. The van der Waals surface area contributed by atoms with E-state index in [0.29, 0.717) is 6.42 Å². The Kier molecular flexibility index (Phi) is 3.54. The molecule has 0 bridgehead atoms. The minimum absolute atomic E-state index is 0.0775. The number of rotatable bonds is 1. The van der Waals surface area contributed by atoms with Crippen molar-refractivity contribution in [2.45, 2.75) is 44.6 Å². The summed E-state index contributed by atoms with van der Waals surface area (Å²) in [4.78, 5) is 20.7. The van der Waals surface area contributed by atoms with E-state index in [-0.39, 0.29) is 23.0 Å². The Morgan fingerprint density at radius 1 is 1.40 bits per heavy atom. The summed E-state index contributed by atoms with van der Waals surface area (Å²) in [6.07, 6.45) is 4.26.